The summed E-state index contributed by atoms with van der Waals surface area (Å²) < 4.78 is 41.8. The van der Waals surface area contributed by atoms with Crippen LogP contribution in [0.2, 0.25) is 0 Å². The molecular formula is C23H24F3N5S. The van der Waals surface area contributed by atoms with E-state index in [4.69, 9.17) is 12.2 Å². The zero-order chi connectivity index (χ0) is 22.9. The molecule has 0 amide bonds. The highest BCUT2D eigenvalue weighted by Crippen LogP contribution is 2.40. The first-order valence-electron chi connectivity index (χ1n) is 10.2. The second-order valence-electron chi connectivity index (χ2n) is 7.97. The van der Waals surface area contributed by atoms with E-state index in [1.165, 1.54) is 12.1 Å². The number of thiocarbonyl (C=S) groups is 1. The van der Waals surface area contributed by atoms with Gasteiger partial charge in [0.2, 0.25) is 0 Å². The number of hydrogen-bond acceptors (Lipinski definition) is 3. The third-order valence-electron chi connectivity index (χ3n) is 5.52. The van der Waals surface area contributed by atoms with Gasteiger partial charge in [-0.1, -0.05) is 12.1 Å². The van der Waals surface area contributed by atoms with Gasteiger partial charge < -0.3 is 19.7 Å². The van der Waals surface area contributed by atoms with Gasteiger partial charge in [0.15, 0.2) is 5.11 Å². The molecule has 1 N–H and O–H groups in total. The average molecular weight is 460 g/mol. The second kappa shape index (κ2) is 8.91. The van der Waals surface area contributed by atoms with Crippen LogP contribution in [0.1, 0.15) is 29.0 Å². The van der Waals surface area contributed by atoms with Crippen molar-refractivity contribution in [2.24, 2.45) is 0 Å². The van der Waals surface area contributed by atoms with E-state index in [1.54, 1.807) is 23.0 Å². The summed E-state index contributed by atoms with van der Waals surface area (Å²) in [5, 5.41) is 3.98. The average Bonchev–Trinajstić information content (AvgIpc) is 3.36. The van der Waals surface area contributed by atoms with Crippen LogP contribution < -0.4 is 5.32 Å². The van der Waals surface area contributed by atoms with Crippen LogP contribution in [0.3, 0.4) is 0 Å². The molecule has 0 aliphatic carbocycles. The van der Waals surface area contributed by atoms with E-state index in [0.717, 1.165) is 24.0 Å². The second-order valence-corrected chi connectivity index (χ2v) is 8.36. The highest BCUT2D eigenvalue weighted by molar-refractivity contribution is 7.80. The fourth-order valence-corrected chi connectivity index (χ4v) is 4.31. The molecule has 0 unspecified atom stereocenters. The van der Waals surface area contributed by atoms with Crippen molar-refractivity contribution in [2.45, 2.75) is 18.3 Å². The fourth-order valence-electron chi connectivity index (χ4n) is 3.98. The van der Waals surface area contributed by atoms with Crippen LogP contribution >= 0.6 is 12.2 Å². The maximum absolute atomic E-state index is 13.3. The van der Waals surface area contributed by atoms with Gasteiger partial charge >= 0.3 is 6.18 Å². The quantitative estimate of drug-likeness (QED) is 0.552. The molecule has 4 rings (SSSR count). The van der Waals surface area contributed by atoms with Gasteiger partial charge in [0.05, 0.1) is 23.3 Å². The molecule has 168 valence electrons. The van der Waals surface area contributed by atoms with Gasteiger partial charge in [0.25, 0.3) is 0 Å². The minimum Gasteiger partial charge on any atom is -0.352 e. The van der Waals surface area contributed by atoms with E-state index < -0.39 is 11.7 Å². The Morgan fingerprint density at radius 2 is 1.91 bits per heavy atom. The van der Waals surface area contributed by atoms with E-state index in [2.05, 4.69) is 20.1 Å². The molecule has 3 aromatic rings. The monoisotopic (exact) mass is 459 g/mol. The van der Waals surface area contributed by atoms with Crippen LogP contribution in [0.25, 0.3) is 5.69 Å². The van der Waals surface area contributed by atoms with Crippen molar-refractivity contribution in [1.82, 2.24) is 24.7 Å². The van der Waals surface area contributed by atoms with Crippen molar-refractivity contribution < 1.29 is 13.2 Å². The van der Waals surface area contributed by atoms with Gasteiger partial charge in [-0.15, -0.1) is 0 Å². The lowest BCUT2D eigenvalue weighted by atomic mass is 10.0. The van der Waals surface area contributed by atoms with Crippen LogP contribution in [0.15, 0.2) is 67.0 Å². The number of benzene rings is 1. The van der Waals surface area contributed by atoms with Gasteiger partial charge in [-0.25, -0.2) is 0 Å². The Labute approximate surface area is 190 Å². The molecule has 0 bridgehead atoms. The lowest BCUT2D eigenvalue weighted by Crippen LogP contribution is -2.36. The summed E-state index contributed by atoms with van der Waals surface area (Å²) in [6.07, 6.45) is -0.898. The van der Waals surface area contributed by atoms with Gasteiger partial charge in [-0.3, -0.25) is 4.98 Å². The van der Waals surface area contributed by atoms with Gasteiger partial charge in [0.1, 0.15) is 0 Å². The summed E-state index contributed by atoms with van der Waals surface area (Å²) in [6, 6.07) is 14.4. The minimum atomic E-state index is -4.41. The minimum absolute atomic E-state index is 0.231. The van der Waals surface area contributed by atoms with E-state index in [-0.39, 0.29) is 12.1 Å². The molecule has 0 saturated carbocycles. The topological polar surface area (TPSA) is 36.3 Å². The predicted molar refractivity (Wildman–Crippen MR) is 121 cm³/mol. The predicted octanol–water partition coefficient (Wildman–Crippen LogP) is 4.43. The molecule has 2 aromatic heterocycles. The van der Waals surface area contributed by atoms with Crippen molar-refractivity contribution >= 4 is 17.3 Å². The Morgan fingerprint density at radius 1 is 1.09 bits per heavy atom. The molecule has 0 spiro atoms. The summed E-state index contributed by atoms with van der Waals surface area (Å²) in [6.45, 7) is 1.44. The van der Waals surface area contributed by atoms with Crippen LogP contribution in [-0.4, -0.2) is 51.6 Å². The zero-order valence-corrected chi connectivity index (χ0v) is 18.6. The normalized spacial score (nSPS) is 18.9. The molecule has 1 aliphatic heterocycles. The van der Waals surface area contributed by atoms with Crippen LogP contribution in [0, 0.1) is 0 Å². The Hall–Kier alpha value is -2.91. The highest BCUT2D eigenvalue weighted by Gasteiger charge is 2.41. The van der Waals surface area contributed by atoms with E-state index in [0.29, 0.717) is 17.3 Å². The Morgan fingerprint density at radius 3 is 2.59 bits per heavy atom. The summed E-state index contributed by atoms with van der Waals surface area (Å²) in [4.78, 5) is 8.68. The van der Waals surface area contributed by atoms with E-state index in [1.807, 2.05) is 44.4 Å². The molecule has 32 heavy (non-hydrogen) atoms. The number of pyridine rings is 1. The van der Waals surface area contributed by atoms with Crippen molar-refractivity contribution in [3.63, 3.8) is 0 Å². The SMILES string of the molecule is CN(C)CCN1C(=S)N[C@@H](c2ccccn2)[C@@H]1c1cccn1-c1cccc(C(F)(F)F)c1. The van der Waals surface area contributed by atoms with Crippen molar-refractivity contribution in [3.05, 3.63) is 83.9 Å². The number of likely N-dealkylation sites (N-methyl/N-ethyl adjacent to an activating group) is 1. The first-order chi connectivity index (χ1) is 15.3. The molecule has 1 fully saturated rings. The molecule has 1 aliphatic rings. The summed E-state index contributed by atoms with van der Waals surface area (Å²) in [7, 11) is 3.98. The molecule has 1 saturated heterocycles. The summed E-state index contributed by atoms with van der Waals surface area (Å²) in [5.74, 6) is 0. The van der Waals surface area contributed by atoms with Crippen molar-refractivity contribution in [1.29, 1.82) is 0 Å². The Kier molecular flexibility index (Phi) is 6.21. The molecule has 3 heterocycles. The van der Waals surface area contributed by atoms with E-state index >= 15 is 0 Å². The Bertz CT molecular complexity index is 1080. The first kappa shape index (κ1) is 22.3. The molecule has 2 atom stereocenters. The van der Waals surface area contributed by atoms with Gasteiger partial charge in [-0.05, 0) is 68.8 Å². The standard InChI is InChI=1S/C23H24F3N5S/c1-29(2)13-14-31-21(20(28-22(31)32)18-9-3-4-11-27-18)19-10-6-12-30(19)17-8-5-7-16(15-17)23(24,25)26/h3-12,15,20-21H,13-14H2,1-2H3,(H,28,32)/t20-,21-/m0/s1. The summed E-state index contributed by atoms with van der Waals surface area (Å²) >= 11 is 5.66. The molecule has 1 aromatic carbocycles. The highest BCUT2D eigenvalue weighted by atomic mass is 32.1. The molecule has 5 nitrogen and oxygen atoms in total. The number of nitrogens with zero attached hydrogens (tertiary/aromatic N) is 4. The smallest absolute Gasteiger partial charge is 0.352 e. The van der Waals surface area contributed by atoms with Crippen LogP contribution in [0.4, 0.5) is 13.2 Å². The zero-order valence-electron chi connectivity index (χ0n) is 17.8. The van der Waals surface area contributed by atoms with Crippen molar-refractivity contribution in [2.75, 3.05) is 27.2 Å². The van der Waals surface area contributed by atoms with Gasteiger partial charge in [0, 0.05) is 36.9 Å². The number of halogens is 3. The Balaban J connectivity index is 1.78. The maximum atomic E-state index is 13.3. The summed E-state index contributed by atoms with van der Waals surface area (Å²) in [5.41, 5.74) is 1.43. The molecular weight excluding hydrogens is 435 g/mol. The number of nitrogens with one attached hydrogen (secondary N) is 1. The number of hydrogen-bond donors (Lipinski definition) is 1. The fraction of sp³-hybridized carbons (Fsp3) is 0.304. The third kappa shape index (κ3) is 4.49. The molecule has 9 heteroatoms. The molecule has 0 radical (unpaired) electrons. The van der Waals surface area contributed by atoms with Crippen molar-refractivity contribution in [3.8, 4) is 5.69 Å². The number of rotatable bonds is 6. The van der Waals surface area contributed by atoms with Crippen LogP contribution in [0.5, 0.6) is 0 Å². The van der Waals surface area contributed by atoms with E-state index in [9.17, 15) is 13.2 Å². The van der Waals surface area contributed by atoms with Gasteiger partial charge in [-0.2, -0.15) is 13.2 Å². The van der Waals surface area contributed by atoms with Crippen LogP contribution in [-0.2, 0) is 6.18 Å². The number of alkyl halides is 3. The first-order valence-corrected chi connectivity index (χ1v) is 10.6. The largest absolute Gasteiger partial charge is 0.416 e. The third-order valence-corrected chi connectivity index (χ3v) is 5.87. The lowest BCUT2D eigenvalue weighted by Gasteiger charge is -2.30. The number of aromatic nitrogens is 2. The maximum Gasteiger partial charge on any atom is 0.416 e. The lowest BCUT2D eigenvalue weighted by molar-refractivity contribution is -0.137.